The number of nitrogens with zero attached hydrogens (tertiary/aromatic N) is 2. The molecule has 100 valence electrons. The fourth-order valence-electron chi connectivity index (χ4n) is 1.73. The number of rotatable bonds is 2. The van der Waals surface area contributed by atoms with Crippen LogP contribution in [0.25, 0.3) is 22.8 Å². The summed E-state index contributed by atoms with van der Waals surface area (Å²) < 4.78 is 30.8. The van der Waals surface area contributed by atoms with Crippen molar-refractivity contribution in [3.63, 3.8) is 0 Å². The van der Waals surface area contributed by atoms with E-state index in [2.05, 4.69) is 10.1 Å². The maximum absolute atomic E-state index is 12.9. The summed E-state index contributed by atoms with van der Waals surface area (Å²) in [4.78, 5) is 4.09. The number of hydrogen-bond donors (Lipinski definition) is 1. The minimum absolute atomic E-state index is 0.0572. The molecule has 0 unspecified atom stereocenters. The second kappa shape index (κ2) is 4.73. The highest BCUT2D eigenvalue weighted by Gasteiger charge is 2.14. The molecule has 0 aliphatic carbocycles. The molecule has 0 aliphatic rings. The third-order valence-corrected chi connectivity index (χ3v) is 2.72. The van der Waals surface area contributed by atoms with Crippen LogP contribution in [0.15, 0.2) is 47.0 Å². The molecular weight excluding hydrogens is 266 g/mol. The lowest BCUT2D eigenvalue weighted by Gasteiger charge is -1.98. The van der Waals surface area contributed by atoms with Crippen LogP contribution >= 0.6 is 0 Å². The number of hydrogen-bond acceptors (Lipinski definition) is 4. The van der Waals surface area contributed by atoms with Gasteiger partial charge in [-0.25, -0.2) is 8.78 Å². The normalized spacial score (nSPS) is 10.7. The highest BCUT2D eigenvalue weighted by atomic mass is 19.1. The van der Waals surface area contributed by atoms with Gasteiger partial charge in [0.15, 0.2) is 0 Å². The van der Waals surface area contributed by atoms with Crippen LogP contribution in [0, 0.1) is 11.6 Å². The number of aromatic hydroxyl groups is 1. The Morgan fingerprint density at radius 1 is 0.950 bits per heavy atom. The summed E-state index contributed by atoms with van der Waals surface area (Å²) >= 11 is 0. The molecular formula is C14H8F2N2O2. The van der Waals surface area contributed by atoms with Gasteiger partial charge in [0.1, 0.15) is 17.4 Å². The fraction of sp³-hybridized carbons (Fsp3) is 0. The SMILES string of the molecule is Oc1cc(F)ccc1-c1nc(-c2ccc(F)cc2)no1. The molecule has 3 rings (SSSR count). The molecule has 0 radical (unpaired) electrons. The maximum Gasteiger partial charge on any atom is 0.262 e. The monoisotopic (exact) mass is 274 g/mol. The summed E-state index contributed by atoms with van der Waals surface area (Å²) in [5.74, 6) is -0.914. The van der Waals surface area contributed by atoms with Crippen LogP contribution in [-0.4, -0.2) is 15.2 Å². The standard InChI is InChI=1S/C14H8F2N2O2/c15-9-3-1-8(2-4-9)13-17-14(20-18-13)11-6-5-10(16)7-12(11)19/h1-7,19H. The average Bonchev–Trinajstić information content (AvgIpc) is 2.89. The molecule has 2 aromatic carbocycles. The van der Waals surface area contributed by atoms with Gasteiger partial charge >= 0.3 is 0 Å². The van der Waals surface area contributed by atoms with Gasteiger partial charge in [0, 0.05) is 11.6 Å². The Morgan fingerprint density at radius 3 is 2.35 bits per heavy atom. The van der Waals surface area contributed by atoms with Crippen LogP contribution in [0.5, 0.6) is 5.75 Å². The van der Waals surface area contributed by atoms with Crippen LogP contribution in [0.2, 0.25) is 0 Å². The summed E-state index contributed by atoms with van der Waals surface area (Å²) in [6, 6.07) is 9.05. The van der Waals surface area contributed by atoms with Crippen LogP contribution in [0.3, 0.4) is 0 Å². The van der Waals surface area contributed by atoms with Crippen molar-refractivity contribution < 1.29 is 18.4 Å². The van der Waals surface area contributed by atoms with Crippen LogP contribution < -0.4 is 0 Å². The molecule has 1 N–H and O–H groups in total. The number of halogens is 2. The van der Waals surface area contributed by atoms with Crippen molar-refractivity contribution in [2.45, 2.75) is 0 Å². The van der Waals surface area contributed by atoms with Crippen molar-refractivity contribution in [1.82, 2.24) is 10.1 Å². The van der Waals surface area contributed by atoms with Crippen LogP contribution in [-0.2, 0) is 0 Å². The largest absolute Gasteiger partial charge is 0.507 e. The third-order valence-electron chi connectivity index (χ3n) is 2.72. The third kappa shape index (κ3) is 2.23. The number of phenols is 1. The molecule has 1 aromatic heterocycles. The van der Waals surface area contributed by atoms with E-state index in [-0.39, 0.29) is 28.8 Å². The quantitative estimate of drug-likeness (QED) is 0.778. The molecule has 1 heterocycles. The van der Waals surface area contributed by atoms with Crippen LogP contribution in [0.4, 0.5) is 8.78 Å². The Morgan fingerprint density at radius 2 is 1.65 bits per heavy atom. The van der Waals surface area contributed by atoms with Gasteiger partial charge in [0.25, 0.3) is 5.89 Å². The molecule has 4 nitrogen and oxygen atoms in total. The molecule has 0 saturated heterocycles. The first kappa shape index (κ1) is 12.3. The van der Waals surface area contributed by atoms with Crippen molar-refractivity contribution in [3.05, 3.63) is 54.1 Å². The van der Waals surface area contributed by atoms with E-state index < -0.39 is 5.82 Å². The number of aromatic nitrogens is 2. The summed E-state index contributed by atoms with van der Waals surface area (Å²) in [6.45, 7) is 0. The minimum Gasteiger partial charge on any atom is -0.507 e. The van der Waals surface area contributed by atoms with Gasteiger partial charge in [-0.05, 0) is 36.4 Å². The molecule has 20 heavy (non-hydrogen) atoms. The molecule has 0 fully saturated rings. The zero-order valence-electron chi connectivity index (χ0n) is 10.0. The lowest BCUT2D eigenvalue weighted by atomic mass is 10.2. The van der Waals surface area contributed by atoms with Crippen molar-refractivity contribution in [3.8, 4) is 28.6 Å². The van der Waals surface area contributed by atoms with Crippen LogP contribution in [0.1, 0.15) is 0 Å². The highest BCUT2D eigenvalue weighted by molar-refractivity contribution is 5.64. The summed E-state index contributed by atoms with van der Waals surface area (Å²) in [7, 11) is 0. The number of phenolic OH excluding ortho intramolecular Hbond substituents is 1. The van der Waals surface area contributed by atoms with Gasteiger partial charge in [-0.15, -0.1) is 0 Å². The Balaban J connectivity index is 1.99. The first-order valence-electron chi connectivity index (χ1n) is 5.72. The van der Waals surface area contributed by atoms with E-state index in [1.807, 2.05) is 0 Å². The summed E-state index contributed by atoms with van der Waals surface area (Å²) in [5, 5.41) is 13.4. The van der Waals surface area contributed by atoms with E-state index >= 15 is 0 Å². The lowest BCUT2D eigenvalue weighted by molar-refractivity contribution is 0.425. The van der Waals surface area contributed by atoms with E-state index in [0.29, 0.717) is 5.56 Å². The lowest BCUT2D eigenvalue weighted by Crippen LogP contribution is -1.83. The summed E-state index contributed by atoms with van der Waals surface area (Å²) in [5.41, 5.74) is 0.801. The van der Waals surface area contributed by atoms with Gasteiger partial charge < -0.3 is 9.63 Å². The Kier molecular flexibility index (Phi) is 2.90. The van der Waals surface area contributed by atoms with Crippen molar-refractivity contribution >= 4 is 0 Å². The second-order valence-electron chi connectivity index (χ2n) is 4.09. The van der Waals surface area contributed by atoms with E-state index in [1.165, 1.54) is 36.4 Å². The van der Waals surface area contributed by atoms with E-state index in [9.17, 15) is 13.9 Å². The van der Waals surface area contributed by atoms with E-state index in [0.717, 1.165) is 6.07 Å². The molecule has 0 atom stereocenters. The van der Waals surface area contributed by atoms with Gasteiger partial charge in [-0.2, -0.15) is 4.98 Å². The molecule has 6 heteroatoms. The van der Waals surface area contributed by atoms with Gasteiger partial charge in [0.2, 0.25) is 5.82 Å². The molecule has 0 spiro atoms. The van der Waals surface area contributed by atoms with Gasteiger partial charge in [0.05, 0.1) is 5.56 Å². The second-order valence-corrected chi connectivity index (χ2v) is 4.09. The predicted octanol–water partition coefficient (Wildman–Crippen LogP) is 3.39. The van der Waals surface area contributed by atoms with Crippen molar-refractivity contribution in [2.24, 2.45) is 0 Å². The van der Waals surface area contributed by atoms with E-state index in [1.54, 1.807) is 0 Å². The Hall–Kier alpha value is -2.76. The zero-order valence-corrected chi connectivity index (χ0v) is 10.0. The Labute approximate surface area is 112 Å². The van der Waals surface area contributed by atoms with Crippen molar-refractivity contribution in [2.75, 3.05) is 0 Å². The minimum atomic E-state index is -0.565. The molecule has 0 saturated carbocycles. The molecule has 0 bridgehead atoms. The Bertz CT molecular complexity index is 754. The van der Waals surface area contributed by atoms with Crippen molar-refractivity contribution in [1.29, 1.82) is 0 Å². The molecule has 0 aliphatic heterocycles. The highest BCUT2D eigenvalue weighted by Crippen LogP contribution is 2.29. The maximum atomic E-state index is 12.9. The van der Waals surface area contributed by atoms with Gasteiger partial charge in [-0.1, -0.05) is 5.16 Å². The predicted molar refractivity (Wildman–Crippen MR) is 66.8 cm³/mol. The number of benzene rings is 2. The fourth-order valence-corrected chi connectivity index (χ4v) is 1.73. The first-order valence-corrected chi connectivity index (χ1v) is 5.72. The topological polar surface area (TPSA) is 59.2 Å². The smallest absolute Gasteiger partial charge is 0.262 e. The average molecular weight is 274 g/mol. The zero-order chi connectivity index (χ0) is 14.1. The van der Waals surface area contributed by atoms with E-state index in [4.69, 9.17) is 4.52 Å². The summed E-state index contributed by atoms with van der Waals surface area (Å²) in [6.07, 6.45) is 0. The van der Waals surface area contributed by atoms with Gasteiger partial charge in [-0.3, -0.25) is 0 Å². The molecule has 3 aromatic rings. The molecule has 0 amide bonds. The first-order chi connectivity index (χ1) is 9.63.